The largest absolute Gasteiger partial charge is 0.360 e. The van der Waals surface area contributed by atoms with Crippen LogP contribution in [0.1, 0.15) is 47.5 Å². The van der Waals surface area contributed by atoms with Gasteiger partial charge >= 0.3 is 0 Å². The summed E-state index contributed by atoms with van der Waals surface area (Å²) in [6.45, 7) is 6.90. The van der Waals surface area contributed by atoms with E-state index >= 15 is 0 Å². The van der Waals surface area contributed by atoms with Gasteiger partial charge in [0.1, 0.15) is 5.76 Å². The molecule has 2 fully saturated rings. The summed E-state index contributed by atoms with van der Waals surface area (Å²) in [7, 11) is 0. The van der Waals surface area contributed by atoms with Gasteiger partial charge in [-0.25, -0.2) is 0 Å². The molecule has 1 aromatic heterocycles. The maximum absolute atomic E-state index is 13.2. The average molecular weight is 457 g/mol. The van der Waals surface area contributed by atoms with Crippen LogP contribution < -0.4 is 0 Å². The fourth-order valence-corrected chi connectivity index (χ4v) is 5.21. The van der Waals surface area contributed by atoms with E-state index in [1.165, 1.54) is 12.8 Å². The van der Waals surface area contributed by atoms with E-state index in [0.717, 1.165) is 60.9 Å². The molecule has 0 atom stereocenters. The number of benzene rings is 1. The molecule has 0 unspecified atom stereocenters. The van der Waals surface area contributed by atoms with Crippen LogP contribution in [0.15, 0.2) is 39.8 Å². The zero-order valence-corrected chi connectivity index (χ0v) is 19.6. The smallest absolute Gasteiger partial charge is 0.255 e. The molecule has 0 spiro atoms. The second-order valence-electron chi connectivity index (χ2n) is 8.58. The lowest BCUT2D eigenvalue weighted by Gasteiger charge is -2.35. The number of likely N-dealkylation sites (tertiary alicyclic amines) is 1. The second kappa shape index (κ2) is 11.0. The van der Waals surface area contributed by atoms with Gasteiger partial charge in [0.25, 0.3) is 5.91 Å². The van der Waals surface area contributed by atoms with Crippen molar-refractivity contribution < 1.29 is 14.1 Å². The monoisotopic (exact) mass is 456 g/mol. The molecule has 7 nitrogen and oxygen atoms in total. The molecule has 3 heterocycles. The molecule has 4 rings (SSSR count). The first-order valence-electron chi connectivity index (χ1n) is 11.5. The Kier molecular flexibility index (Phi) is 7.86. The standard InChI is InChI=1S/C24H32N4O3S/c1-19-16-20(31-25-19)18-32-22-9-5-4-8-21(22)24(30)28-14-12-26(13-15-28)17-23(29)27-10-6-2-3-7-11-27/h4-5,8-9,16H,2-3,6-7,10-15,17-18H2,1H3. The number of nitrogens with zero attached hydrogens (tertiary/aromatic N) is 4. The summed E-state index contributed by atoms with van der Waals surface area (Å²) in [5.74, 6) is 1.73. The van der Waals surface area contributed by atoms with Crippen molar-refractivity contribution >= 4 is 23.6 Å². The van der Waals surface area contributed by atoms with Crippen molar-refractivity contribution in [3.8, 4) is 0 Å². The van der Waals surface area contributed by atoms with Crippen LogP contribution in [0.4, 0.5) is 0 Å². The van der Waals surface area contributed by atoms with E-state index < -0.39 is 0 Å². The molecule has 0 bridgehead atoms. The van der Waals surface area contributed by atoms with Gasteiger partial charge in [0.05, 0.1) is 23.6 Å². The van der Waals surface area contributed by atoms with Crippen LogP contribution in [-0.2, 0) is 10.5 Å². The number of rotatable bonds is 6. The zero-order valence-electron chi connectivity index (χ0n) is 18.8. The first-order valence-corrected chi connectivity index (χ1v) is 12.5. The van der Waals surface area contributed by atoms with Crippen LogP contribution in [0.25, 0.3) is 0 Å². The molecule has 0 aliphatic carbocycles. The first kappa shape index (κ1) is 22.9. The Bertz CT molecular complexity index is 915. The number of aryl methyl sites for hydroxylation is 1. The summed E-state index contributed by atoms with van der Waals surface area (Å²) in [5, 5.41) is 3.93. The predicted octanol–water partition coefficient (Wildman–Crippen LogP) is 3.44. The summed E-state index contributed by atoms with van der Waals surface area (Å²) < 4.78 is 5.29. The summed E-state index contributed by atoms with van der Waals surface area (Å²) in [4.78, 5) is 33.0. The van der Waals surface area contributed by atoms with E-state index in [2.05, 4.69) is 10.1 Å². The summed E-state index contributed by atoms with van der Waals surface area (Å²) in [6.07, 6.45) is 4.67. The predicted molar refractivity (Wildman–Crippen MR) is 125 cm³/mol. The Morgan fingerprint density at radius 3 is 2.38 bits per heavy atom. The fourth-order valence-electron chi connectivity index (χ4n) is 4.29. The van der Waals surface area contributed by atoms with E-state index in [0.29, 0.717) is 25.4 Å². The van der Waals surface area contributed by atoms with E-state index in [1.54, 1.807) is 11.8 Å². The molecule has 1 aromatic carbocycles. The van der Waals surface area contributed by atoms with E-state index in [4.69, 9.17) is 4.52 Å². The Labute approximate surface area is 194 Å². The SMILES string of the molecule is Cc1cc(CSc2ccccc2C(=O)N2CCN(CC(=O)N3CCCCCC3)CC2)on1. The van der Waals surface area contributed by atoms with Crippen molar-refractivity contribution in [1.29, 1.82) is 0 Å². The molecule has 0 saturated carbocycles. The molecular weight excluding hydrogens is 424 g/mol. The maximum Gasteiger partial charge on any atom is 0.255 e. The van der Waals surface area contributed by atoms with Gasteiger partial charge in [-0.1, -0.05) is 30.1 Å². The normalized spacial score (nSPS) is 17.9. The lowest BCUT2D eigenvalue weighted by molar-refractivity contribution is -0.132. The van der Waals surface area contributed by atoms with E-state index in [1.807, 2.05) is 47.1 Å². The Morgan fingerprint density at radius 2 is 1.69 bits per heavy atom. The van der Waals surface area contributed by atoms with Crippen LogP contribution in [0, 0.1) is 6.92 Å². The van der Waals surface area contributed by atoms with Gasteiger partial charge in [0, 0.05) is 50.2 Å². The number of carbonyl (C=O) groups is 2. The number of carbonyl (C=O) groups excluding carboxylic acids is 2. The van der Waals surface area contributed by atoms with Gasteiger partial charge in [-0.05, 0) is 31.9 Å². The lowest BCUT2D eigenvalue weighted by atomic mass is 10.2. The number of piperazine rings is 1. The lowest BCUT2D eigenvalue weighted by Crippen LogP contribution is -2.51. The molecule has 0 radical (unpaired) electrons. The summed E-state index contributed by atoms with van der Waals surface area (Å²) in [6, 6.07) is 9.66. The highest BCUT2D eigenvalue weighted by Crippen LogP contribution is 2.27. The first-order chi connectivity index (χ1) is 15.6. The summed E-state index contributed by atoms with van der Waals surface area (Å²) >= 11 is 1.59. The third-order valence-corrected chi connectivity index (χ3v) is 7.24. The van der Waals surface area contributed by atoms with Crippen LogP contribution in [0.5, 0.6) is 0 Å². The number of thioether (sulfide) groups is 1. The molecule has 2 aromatic rings. The number of amides is 2. The van der Waals surface area contributed by atoms with Crippen molar-refractivity contribution in [1.82, 2.24) is 19.9 Å². The van der Waals surface area contributed by atoms with E-state index in [-0.39, 0.29) is 11.8 Å². The number of hydrogen-bond donors (Lipinski definition) is 0. The highest BCUT2D eigenvalue weighted by Gasteiger charge is 2.26. The van der Waals surface area contributed by atoms with Gasteiger partial charge in [-0.2, -0.15) is 0 Å². The van der Waals surface area contributed by atoms with Crippen LogP contribution >= 0.6 is 11.8 Å². The topological polar surface area (TPSA) is 69.9 Å². The minimum absolute atomic E-state index is 0.0559. The average Bonchev–Trinajstić information content (AvgIpc) is 3.05. The van der Waals surface area contributed by atoms with Crippen molar-refractivity contribution in [3.05, 3.63) is 47.3 Å². The quantitative estimate of drug-likeness (QED) is 0.621. The Balaban J connectivity index is 1.30. The highest BCUT2D eigenvalue weighted by molar-refractivity contribution is 7.98. The molecule has 2 aliphatic heterocycles. The third-order valence-electron chi connectivity index (χ3n) is 6.14. The van der Waals surface area contributed by atoms with Crippen molar-refractivity contribution in [3.63, 3.8) is 0 Å². The fraction of sp³-hybridized carbons (Fsp3) is 0.542. The van der Waals surface area contributed by atoms with Gasteiger partial charge in [-0.3, -0.25) is 14.5 Å². The zero-order chi connectivity index (χ0) is 22.3. The highest BCUT2D eigenvalue weighted by atomic mass is 32.2. The molecular formula is C24H32N4O3S. The van der Waals surface area contributed by atoms with Gasteiger partial charge in [0.15, 0.2) is 0 Å². The minimum Gasteiger partial charge on any atom is -0.360 e. The van der Waals surface area contributed by atoms with Crippen LogP contribution in [0.2, 0.25) is 0 Å². The molecule has 2 amide bonds. The van der Waals surface area contributed by atoms with Crippen molar-refractivity contribution in [2.75, 3.05) is 45.8 Å². The molecule has 2 aliphatic rings. The van der Waals surface area contributed by atoms with E-state index in [9.17, 15) is 9.59 Å². The van der Waals surface area contributed by atoms with Gasteiger partial charge in [0.2, 0.25) is 5.91 Å². The molecule has 8 heteroatoms. The Hall–Kier alpha value is -2.32. The Morgan fingerprint density at radius 1 is 0.969 bits per heavy atom. The van der Waals surface area contributed by atoms with Gasteiger partial charge < -0.3 is 14.3 Å². The van der Waals surface area contributed by atoms with Crippen LogP contribution in [-0.4, -0.2) is 77.5 Å². The molecule has 172 valence electrons. The second-order valence-corrected chi connectivity index (χ2v) is 9.60. The number of aromatic nitrogens is 1. The third kappa shape index (κ3) is 5.92. The molecule has 32 heavy (non-hydrogen) atoms. The minimum atomic E-state index is 0.0559. The molecule has 0 N–H and O–H groups in total. The van der Waals surface area contributed by atoms with Crippen molar-refractivity contribution in [2.45, 2.75) is 43.3 Å². The van der Waals surface area contributed by atoms with Crippen LogP contribution in [0.3, 0.4) is 0 Å². The number of hydrogen-bond acceptors (Lipinski definition) is 6. The summed E-state index contributed by atoms with van der Waals surface area (Å²) in [5.41, 5.74) is 1.58. The van der Waals surface area contributed by atoms with Gasteiger partial charge in [-0.15, -0.1) is 11.8 Å². The van der Waals surface area contributed by atoms with Crippen molar-refractivity contribution in [2.24, 2.45) is 0 Å². The molecule has 2 saturated heterocycles. The maximum atomic E-state index is 13.2.